The van der Waals surface area contributed by atoms with Crippen molar-refractivity contribution >= 4 is 10.2 Å². The van der Waals surface area contributed by atoms with E-state index in [0.29, 0.717) is 13.1 Å². The van der Waals surface area contributed by atoms with Crippen molar-refractivity contribution in [2.75, 3.05) is 13.1 Å². The Kier molecular flexibility index (Phi) is 5.58. The molecule has 0 bridgehead atoms. The van der Waals surface area contributed by atoms with Crippen LogP contribution in [0.2, 0.25) is 0 Å². The highest BCUT2D eigenvalue weighted by molar-refractivity contribution is 7.87. The van der Waals surface area contributed by atoms with Gasteiger partial charge in [-0.1, -0.05) is 26.2 Å². The van der Waals surface area contributed by atoms with Gasteiger partial charge in [0.1, 0.15) is 0 Å². The zero-order valence-electron chi connectivity index (χ0n) is 11.8. The van der Waals surface area contributed by atoms with E-state index in [1.165, 1.54) is 6.42 Å². The zero-order chi connectivity index (χ0) is 13.8. The second kappa shape index (κ2) is 6.32. The normalized spacial score (nSPS) is 20.6. The Labute approximate surface area is 111 Å². The third kappa shape index (κ3) is 3.44. The monoisotopic (exact) mass is 277 g/mol. The lowest BCUT2D eigenvalue weighted by atomic mass is 9.81. The van der Waals surface area contributed by atoms with Crippen LogP contribution in [0.25, 0.3) is 0 Å². The van der Waals surface area contributed by atoms with E-state index in [1.807, 2.05) is 20.8 Å². The Morgan fingerprint density at radius 2 is 1.83 bits per heavy atom. The lowest BCUT2D eigenvalue weighted by Gasteiger charge is -2.44. The fraction of sp³-hybridized carbons (Fsp3) is 1.00. The second-order valence-electron chi connectivity index (χ2n) is 5.43. The molecule has 1 aliphatic rings. The zero-order valence-corrected chi connectivity index (χ0v) is 12.6. The Bertz CT molecular complexity index is 348. The molecule has 0 aromatic carbocycles. The predicted molar refractivity (Wildman–Crippen MR) is 74.4 cm³/mol. The van der Waals surface area contributed by atoms with Crippen molar-refractivity contribution in [1.29, 1.82) is 0 Å². The van der Waals surface area contributed by atoms with Gasteiger partial charge in [0.25, 0.3) is 10.2 Å². The standard InChI is InChI=1S/C12H27N3O2S/c1-4-15(18(16,17)14-11(2)3)12(10-13)8-6-5-7-9-12/h11,14H,4-10,13H2,1-3H3. The average Bonchev–Trinajstić information content (AvgIpc) is 2.28. The van der Waals surface area contributed by atoms with E-state index in [4.69, 9.17) is 5.73 Å². The summed E-state index contributed by atoms with van der Waals surface area (Å²) in [4.78, 5) is 0. The Hall–Kier alpha value is -0.170. The molecule has 0 heterocycles. The number of hydrogen-bond acceptors (Lipinski definition) is 3. The number of nitrogens with one attached hydrogen (secondary N) is 1. The van der Waals surface area contributed by atoms with Crippen LogP contribution in [-0.4, -0.2) is 37.4 Å². The van der Waals surface area contributed by atoms with Crippen molar-refractivity contribution in [2.45, 2.75) is 64.5 Å². The summed E-state index contributed by atoms with van der Waals surface area (Å²) < 4.78 is 29.0. The maximum atomic E-state index is 12.4. The van der Waals surface area contributed by atoms with Gasteiger partial charge < -0.3 is 5.73 Å². The molecule has 1 fully saturated rings. The van der Waals surface area contributed by atoms with Crippen LogP contribution in [-0.2, 0) is 10.2 Å². The lowest BCUT2D eigenvalue weighted by molar-refractivity contribution is 0.139. The summed E-state index contributed by atoms with van der Waals surface area (Å²) in [6, 6.07) is -0.0949. The maximum Gasteiger partial charge on any atom is 0.280 e. The predicted octanol–water partition coefficient (Wildman–Crippen LogP) is 1.21. The Morgan fingerprint density at radius 3 is 2.22 bits per heavy atom. The van der Waals surface area contributed by atoms with E-state index in [-0.39, 0.29) is 11.6 Å². The van der Waals surface area contributed by atoms with Crippen LogP contribution < -0.4 is 10.5 Å². The minimum atomic E-state index is -3.44. The molecular formula is C12H27N3O2S. The molecule has 0 radical (unpaired) electrons. The van der Waals surface area contributed by atoms with E-state index in [9.17, 15) is 8.42 Å². The van der Waals surface area contributed by atoms with Crippen LogP contribution >= 0.6 is 0 Å². The smallest absolute Gasteiger partial charge is 0.280 e. The van der Waals surface area contributed by atoms with Gasteiger partial charge in [0, 0.05) is 24.7 Å². The molecule has 1 aliphatic carbocycles. The first-order valence-electron chi connectivity index (χ1n) is 6.88. The number of likely N-dealkylation sites (N-methyl/N-ethyl adjacent to an activating group) is 1. The van der Waals surface area contributed by atoms with Crippen molar-refractivity contribution in [1.82, 2.24) is 9.03 Å². The molecule has 0 aliphatic heterocycles. The molecule has 0 unspecified atom stereocenters. The third-order valence-corrected chi connectivity index (χ3v) is 5.65. The fourth-order valence-electron chi connectivity index (χ4n) is 2.89. The summed E-state index contributed by atoms with van der Waals surface area (Å²) >= 11 is 0. The van der Waals surface area contributed by atoms with Gasteiger partial charge in [-0.2, -0.15) is 17.4 Å². The minimum absolute atomic E-state index is 0.0949. The number of rotatable bonds is 6. The molecule has 18 heavy (non-hydrogen) atoms. The van der Waals surface area contributed by atoms with Gasteiger partial charge in [-0.05, 0) is 26.7 Å². The lowest BCUT2D eigenvalue weighted by Crippen LogP contribution is -2.60. The first kappa shape index (κ1) is 15.9. The molecule has 6 heteroatoms. The molecule has 5 nitrogen and oxygen atoms in total. The quantitative estimate of drug-likeness (QED) is 0.766. The van der Waals surface area contributed by atoms with Crippen molar-refractivity contribution in [3.05, 3.63) is 0 Å². The summed E-state index contributed by atoms with van der Waals surface area (Å²) in [7, 11) is -3.44. The second-order valence-corrected chi connectivity index (χ2v) is 7.06. The SMILES string of the molecule is CCN(C1(CN)CCCCC1)S(=O)(=O)NC(C)C. The first-order chi connectivity index (χ1) is 8.38. The van der Waals surface area contributed by atoms with Crippen LogP contribution in [0, 0.1) is 0 Å². The largest absolute Gasteiger partial charge is 0.329 e. The molecule has 1 rings (SSSR count). The van der Waals surface area contributed by atoms with Gasteiger partial charge in [0.2, 0.25) is 0 Å². The molecule has 0 spiro atoms. The van der Waals surface area contributed by atoms with E-state index < -0.39 is 10.2 Å². The van der Waals surface area contributed by atoms with Crippen LogP contribution in [0.15, 0.2) is 0 Å². The van der Waals surface area contributed by atoms with Gasteiger partial charge >= 0.3 is 0 Å². The van der Waals surface area contributed by atoms with Crippen LogP contribution in [0.4, 0.5) is 0 Å². The average molecular weight is 277 g/mol. The first-order valence-corrected chi connectivity index (χ1v) is 8.32. The molecule has 1 saturated carbocycles. The number of nitrogens with zero attached hydrogens (tertiary/aromatic N) is 1. The van der Waals surface area contributed by atoms with Crippen molar-refractivity contribution in [3.63, 3.8) is 0 Å². The van der Waals surface area contributed by atoms with E-state index in [2.05, 4.69) is 4.72 Å². The van der Waals surface area contributed by atoms with Gasteiger partial charge in [-0.25, -0.2) is 0 Å². The Balaban J connectivity index is 2.99. The Morgan fingerprint density at radius 1 is 1.28 bits per heavy atom. The fourth-order valence-corrected chi connectivity index (χ4v) is 4.72. The highest BCUT2D eigenvalue weighted by Gasteiger charge is 2.42. The summed E-state index contributed by atoms with van der Waals surface area (Å²) in [5, 5.41) is 0. The van der Waals surface area contributed by atoms with Crippen molar-refractivity contribution in [2.24, 2.45) is 5.73 Å². The number of nitrogens with two attached hydrogens (primary N) is 1. The molecule has 3 N–H and O–H groups in total. The van der Waals surface area contributed by atoms with Gasteiger partial charge in [0.15, 0.2) is 0 Å². The van der Waals surface area contributed by atoms with Crippen molar-refractivity contribution < 1.29 is 8.42 Å². The summed E-state index contributed by atoms with van der Waals surface area (Å²) in [5.41, 5.74) is 5.53. The summed E-state index contributed by atoms with van der Waals surface area (Å²) in [5.74, 6) is 0. The van der Waals surface area contributed by atoms with Crippen LogP contribution in [0.3, 0.4) is 0 Å². The topological polar surface area (TPSA) is 75.4 Å². The highest BCUT2D eigenvalue weighted by atomic mass is 32.2. The molecule has 0 aromatic rings. The van der Waals surface area contributed by atoms with Gasteiger partial charge in [0.05, 0.1) is 0 Å². The molecular weight excluding hydrogens is 250 g/mol. The van der Waals surface area contributed by atoms with Crippen molar-refractivity contribution in [3.8, 4) is 0 Å². The molecule has 0 saturated heterocycles. The van der Waals surface area contributed by atoms with Crippen LogP contribution in [0.1, 0.15) is 52.9 Å². The highest BCUT2D eigenvalue weighted by Crippen LogP contribution is 2.34. The molecule has 0 amide bonds. The van der Waals surface area contributed by atoms with Gasteiger partial charge in [-0.15, -0.1) is 0 Å². The summed E-state index contributed by atoms with van der Waals surface area (Å²) in [6.45, 7) is 6.42. The van der Waals surface area contributed by atoms with E-state index >= 15 is 0 Å². The molecule has 0 aromatic heterocycles. The van der Waals surface area contributed by atoms with Crippen LogP contribution in [0.5, 0.6) is 0 Å². The molecule has 108 valence electrons. The van der Waals surface area contributed by atoms with E-state index in [1.54, 1.807) is 4.31 Å². The number of hydrogen-bond donors (Lipinski definition) is 2. The molecule has 0 atom stereocenters. The third-order valence-electron chi connectivity index (χ3n) is 3.66. The maximum absolute atomic E-state index is 12.4. The summed E-state index contributed by atoms with van der Waals surface area (Å²) in [6.07, 6.45) is 5.04. The van der Waals surface area contributed by atoms with Gasteiger partial charge in [-0.3, -0.25) is 0 Å². The van der Waals surface area contributed by atoms with E-state index in [0.717, 1.165) is 25.7 Å². The minimum Gasteiger partial charge on any atom is -0.329 e.